The molecule has 0 aromatic heterocycles. The zero-order chi connectivity index (χ0) is 13.6. The molecule has 0 radical (unpaired) electrons. The van der Waals surface area contributed by atoms with Crippen molar-refractivity contribution >= 4 is 11.5 Å². The maximum atomic E-state index is 11.6. The van der Waals surface area contributed by atoms with Gasteiger partial charge in [0.05, 0.1) is 1.37 Å². The molecular weight excluding hydrogens is 212 g/mol. The highest BCUT2D eigenvalue weighted by Gasteiger charge is 2.16. The first-order chi connectivity index (χ1) is 8.42. The molecule has 0 fully saturated rings. The minimum Gasteiger partial charge on any atom is -0.460 e. The standard InChI is InChI=1S/C15H20O2/c1-12(13-8-6-5-7-9-13)10-11-14(16)17-15(2,3)4/h5-9H,1,10-11H2,2-4H3/i1D. The van der Waals surface area contributed by atoms with E-state index in [1.54, 1.807) is 0 Å². The average Bonchev–Trinajstić information content (AvgIpc) is 2.29. The molecule has 0 saturated heterocycles. The van der Waals surface area contributed by atoms with Crippen molar-refractivity contribution in [1.29, 1.82) is 0 Å². The van der Waals surface area contributed by atoms with Crippen molar-refractivity contribution in [2.75, 3.05) is 0 Å². The van der Waals surface area contributed by atoms with Gasteiger partial charge in [-0.05, 0) is 38.3 Å². The Morgan fingerprint density at radius 2 is 1.94 bits per heavy atom. The van der Waals surface area contributed by atoms with Gasteiger partial charge in [0.2, 0.25) is 0 Å². The molecule has 0 heterocycles. The summed E-state index contributed by atoms with van der Waals surface area (Å²) in [6, 6.07) is 9.66. The Hall–Kier alpha value is -1.57. The van der Waals surface area contributed by atoms with Crippen molar-refractivity contribution in [3.05, 3.63) is 42.5 Å². The Morgan fingerprint density at radius 1 is 1.29 bits per heavy atom. The predicted octanol–water partition coefficient (Wildman–Crippen LogP) is 3.82. The Balaban J connectivity index is 2.55. The van der Waals surface area contributed by atoms with Crippen molar-refractivity contribution in [1.82, 2.24) is 0 Å². The molecule has 2 heteroatoms. The van der Waals surface area contributed by atoms with Gasteiger partial charge in [0.15, 0.2) is 0 Å². The fraction of sp³-hybridized carbons (Fsp3) is 0.400. The number of hydrogen-bond acceptors (Lipinski definition) is 2. The third kappa shape index (κ3) is 5.34. The van der Waals surface area contributed by atoms with Gasteiger partial charge >= 0.3 is 5.97 Å². The van der Waals surface area contributed by atoms with Gasteiger partial charge in [0.1, 0.15) is 5.60 Å². The normalized spacial score (nSPS) is 13.1. The second-order valence-corrected chi connectivity index (χ2v) is 4.98. The second-order valence-electron chi connectivity index (χ2n) is 4.98. The smallest absolute Gasteiger partial charge is 0.306 e. The summed E-state index contributed by atoms with van der Waals surface area (Å²) < 4.78 is 12.6. The number of hydrogen-bond donors (Lipinski definition) is 0. The summed E-state index contributed by atoms with van der Waals surface area (Å²) in [6.07, 6.45) is 0.833. The summed E-state index contributed by atoms with van der Waals surface area (Å²) in [7, 11) is 0. The van der Waals surface area contributed by atoms with Crippen LogP contribution in [0.2, 0.25) is 0 Å². The van der Waals surface area contributed by atoms with Gasteiger partial charge in [-0.2, -0.15) is 0 Å². The highest BCUT2D eigenvalue weighted by atomic mass is 16.6. The molecule has 0 amide bonds. The third-order valence-electron chi connectivity index (χ3n) is 2.16. The molecule has 1 aromatic rings. The van der Waals surface area contributed by atoms with Gasteiger partial charge in [0.25, 0.3) is 0 Å². The molecule has 0 bridgehead atoms. The number of allylic oxidation sites excluding steroid dienone is 1. The number of carbonyl (C=O) groups is 1. The van der Waals surface area contributed by atoms with Crippen LogP contribution >= 0.6 is 0 Å². The van der Waals surface area contributed by atoms with Crippen molar-refractivity contribution in [2.45, 2.75) is 39.2 Å². The van der Waals surface area contributed by atoms with E-state index in [0.717, 1.165) is 11.1 Å². The molecule has 1 aromatic carbocycles. The molecule has 0 saturated carbocycles. The molecule has 0 spiro atoms. The van der Waals surface area contributed by atoms with Crippen molar-refractivity contribution in [2.24, 2.45) is 0 Å². The van der Waals surface area contributed by atoms with E-state index in [1.165, 1.54) is 6.55 Å². The number of benzene rings is 1. The Morgan fingerprint density at radius 3 is 2.47 bits per heavy atom. The SMILES string of the molecule is [2H]C=C(CCC(=O)OC(C)(C)C)c1ccccc1. The zero-order valence-corrected chi connectivity index (χ0v) is 10.7. The van der Waals surface area contributed by atoms with Crippen LogP contribution in [0, 0.1) is 0 Å². The minimum atomic E-state index is -0.450. The first-order valence-electron chi connectivity index (χ1n) is 6.35. The highest BCUT2D eigenvalue weighted by Crippen LogP contribution is 2.18. The number of esters is 1. The van der Waals surface area contributed by atoms with Crippen molar-refractivity contribution < 1.29 is 10.9 Å². The van der Waals surface area contributed by atoms with Crippen LogP contribution in [-0.2, 0) is 9.53 Å². The number of rotatable bonds is 4. The largest absolute Gasteiger partial charge is 0.460 e. The molecule has 0 unspecified atom stereocenters. The zero-order valence-electron chi connectivity index (χ0n) is 11.7. The summed E-state index contributed by atoms with van der Waals surface area (Å²) in [5.74, 6) is -0.224. The number of carbonyl (C=O) groups excluding carboxylic acids is 1. The van der Waals surface area contributed by atoms with Crippen LogP contribution in [0.3, 0.4) is 0 Å². The van der Waals surface area contributed by atoms with Gasteiger partial charge in [-0.25, -0.2) is 0 Å². The summed E-state index contributed by atoms with van der Waals surface area (Å²) >= 11 is 0. The monoisotopic (exact) mass is 233 g/mol. The van der Waals surface area contributed by atoms with Gasteiger partial charge < -0.3 is 4.74 Å². The Bertz CT molecular complexity index is 416. The molecule has 0 N–H and O–H groups in total. The van der Waals surface area contributed by atoms with Crippen LogP contribution in [0.4, 0.5) is 0 Å². The lowest BCUT2D eigenvalue weighted by molar-refractivity contribution is -0.154. The maximum Gasteiger partial charge on any atom is 0.306 e. The molecule has 0 atom stereocenters. The van der Waals surface area contributed by atoms with E-state index < -0.39 is 5.60 Å². The lowest BCUT2D eigenvalue weighted by atomic mass is 10.0. The van der Waals surface area contributed by atoms with Crippen LogP contribution in [0.1, 0.15) is 40.5 Å². The van der Waals surface area contributed by atoms with E-state index >= 15 is 0 Å². The topological polar surface area (TPSA) is 26.3 Å². The van der Waals surface area contributed by atoms with Crippen LogP contribution < -0.4 is 0 Å². The van der Waals surface area contributed by atoms with E-state index in [-0.39, 0.29) is 5.97 Å². The lowest BCUT2D eigenvalue weighted by Gasteiger charge is -2.19. The molecule has 92 valence electrons. The first-order valence-corrected chi connectivity index (χ1v) is 5.77. The summed E-state index contributed by atoms with van der Waals surface area (Å²) in [4.78, 5) is 11.6. The minimum absolute atomic E-state index is 0.224. The molecule has 0 aliphatic rings. The van der Waals surface area contributed by atoms with E-state index in [2.05, 4.69) is 0 Å². The lowest BCUT2D eigenvalue weighted by Crippen LogP contribution is -2.23. The summed E-state index contributed by atoms with van der Waals surface area (Å²) in [5.41, 5.74) is 1.38. The molecule has 17 heavy (non-hydrogen) atoms. The molecule has 0 aliphatic heterocycles. The highest BCUT2D eigenvalue weighted by molar-refractivity contribution is 5.74. The third-order valence-corrected chi connectivity index (χ3v) is 2.16. The van der Waals surface area contributed by atoms with Crippen LogP contribution in [0.5, 0.6) is 0 Å². The summed E-state index contributed by atoms with van der Waals surface area (Å²) in [6.45, 7) is 6.86. The Kier molecular flexibility index (Phi) is 3.97. The average molecular weight is 233 g/mol. The predicted molar refractivity (Wildman–Crippen MR) is 70.6 cm³/mol. The van der Waals surface area contributed by atoms with Gasteiger partial charge in [-0.3, -0.25) is 4.79 Å². The number of ether oxygens (including phenoxy) is 1. The quantitative estimate of drug-likeness (QED) is 0.739. The fourth-order valence-electron chi connectivity index (χ4n) is 1.43. The molecular formula is C15H20O2. The van der Waals surface area contributed by atoms with Crippen LogP contribution in [-0.4, -0.2) is 11.6 Å². The van der Waals surface area contributed by atoms with Crippen molar-refractivity contribution in [3.8, 4) is 0 Å². The fourth-order valence-corrected chi connectivity index (χ4v) is 1.43. The van der Waals surface area contributed by atoms with E-state index in [1.807, 2.05) is 51.1 Å². The Labute approximate surface area is 105 Å². The van der Waals surface area contributed by atoms with E-state index in [0.29, 0.717) is 12.8 Å². The van der Waals surface area contributed by atoms with E-state index in [9.17, 15) is 4.79 Å². The first kappa shape index (κ1) is 11.9. The van der Waals surface area contributed by atoms with Crippen LogP contribution in [0.15, 0.2) is 36.9 Å². The molecule has 1 rings (SSSR count). The second kappa shape index (κ2) is 5.67. The van der Waals surface area contributed by atoms with Crippen molar-refractivity contribution in [3.63, 3.8) is 0 Å². The van der Waals surface area contributed by atoms with Gasteiger partial charge in [-0.15, -0.1) is 0 Å². The summed E-state index contributed by atoms with van der Waals surface area (Å²) in [5, 5.41) is 0. The van der Waals surface area contributed by atoms with Gasteiger partial charge in [0, 0.05) is 6.42 Å². The molecule has 2 nitrogen and oxygen atoms in total. The van der Waals surface area contributed by atoms with Gasteiger partial charge in [-0.1, -0.05) is 36.9 Å². The van der Waals surface area contributed by atoms with Crippen LogP contribution in [0.25, 0.3) is 5.57 Å². The maximum absolute atomic E-state index is 11.6. The van der Waals surface area contributed by atoms with E-state index in [4.69, 9.17) is 6.11 Å². The molecule has 0 aliphatic carbocycles.